The highest BCUT2D eigenvalue weighted by molar-refractivity contribution is 5.91. The number of rotatable bonds is 12. The molecule has 2 fully saturated rings. The second-order valence-corrected chi connectivity index (χ2v) is 20.1. The molecule has 0 unspecified atom stereocenters. The Bertz CT molecular complexity index is 3070. The van der Waals surface area contributed by atoms with E-state index in [9.17, 15) is 50.6 Å². The van der Waals surface area contributed by atoms with Crippen LogP contribution in [-0.4, -0.2) is 103 Å². The minimum Gasteiger partial charge on any atom is -0.478 e. The summed E-state index contributed by atoms with van der Waals surface area (Å²) in [6, 6.07) is 17.8. The number of esters is 1. The fourth-order valence-electron chi connectivity index (χ4n) is 8.69. The number of alkyl halides is 2. The zero-order valence-corrected chi connectivity index (χ0v) is 41.8. The van der Waals surface area contributed by atoms with Crippen LogP contribution in [0.25, 0.3) is 22.5 Å². The first kappa shape index (κ1) is 54.7. The smallest absolute Gasteiger partial charge is 0.416 e. The molecule has 0 radical (unpaired) electrons. The molecule has 2 aliphatic rings. The third-order valence-electron chi connectivity index (χ3n) is 12.1. The van der Waals surface area contributed by atoms with Crippen LogP contribution in [0.5, 0.6) is 0 Å². The van der Waals surface area contributed by atoms with Crippen LogP contribution in [0.3, 0.4) is 0 Å². The van der Waals surface area contributed by atoms with Gasteiger partial charge in [0, 0.05) is 47.4 Å². The maximum atomic E-state index is 14.7. The highest BCUT2D eigenvalue weighted by Crippen LogP contribution is 2.48. The van der Waals surface area contributed by atoms with Gasteiger partial charge in [0.25, 0.3) is 0 Å². The summed E-state index contributed by atoms with van der Waals surface area (Å²) >= 11 is 0. The fourth-order valence-corrected chi connectivity index (χ4v) is 8.69. The third-order valence-corrected chi connectivity index (χ3v) is 12.1. The number of anilines is 2. The standard InChI is InChI=1S/C27H27F3N4O4.C26H25F3N4O4/c1-26(2,3)38-25(36)34(15-27(13-17(28)14-27)23-20(30)6-5-11-31-23)22-10-9-21(32-33-22)18-12-16(24(35)37-4)7-8-19(18)29;1-25(2,3)37-24(36)33(14-26(12-16(27)13-26)22-19(29)5-4-10-30-22)21-9-8-20(31-32-21)17-11-15(23(34)35)6-7-18(17)28/h5-12,17H,13-15H2,1-4H3;4-11,16H,12-14H2,1-3H3,(H,34,35). The predicted octanol–water partition coefficient (Wildman–Crippen LogP) is 10.7. The molecule has 0 bridgehead atoms. The summed E-state index contributed by atoms with van der Waals surface area (Å²) in [4.78, 5) is 60.2. The minimum absolute atomic E-state index is 0.00191. The Morgan fingerprint density at radius 2 is 0.987 bits per heavy atom. The van der Waals surface area contributed by atoms with E-state index in [0.717, 1.165) is 34.1 Å². The molecule has 1 N–H and O–H groups in total. The van der Waals surface area contributed by atoms with Gasteiger partial charge in [-0.25, -0.2) is 45.5 Å². The van der Waals surface area contributed by atoms with Crippen molar-refractivity contribution in [2.24, 2.45) is 0 Å². The van der Waals surface area contributed by atoms with E-state index in [-0.39, 0.29) is 95.4 Å². The topological polar surface area (TPSA) is 200 Å². The fraction of sp³-hybridized carbons (Fsp3) is 0.358. The van der Waals surface area contributed by atoms with Crippen LogP contribution >= 0.6 is 0 Å². The lowest BCUT2D eigenvalue weighted by Gasteiger charge is -2.46. The third kappa shape index (κ3) is 12.7. The zero-order valence-electron chi connectivity index (χ0n) is 41.8. The minimum atomic E-state index is -1.24. The highest BCUT2D eigenvalue weighted by atomic mass is 19.2. The summed E-state index contributed by atoms with van der Waals surface area (Å²) in [5, 5.41) is 25.4. The van der Waals surface area contributed by atoms with Crippen LogP contribution in [0.4, 0.5) is 47.6 Å². The zero-order chi connectivity index (χ0) is 54.6. The molecular weight excluding hydrogens is 991 g/mol. The SMILES string of the molecule is CC(C)(C)OC(=O)N(CC1(c2ncccc2F)CC(F)C1)c1ccc(-c2cc(C(=O)O)ccc2F)nn1.COC(=O)c1ccc(F)c(-c2ccc(N(CC3(c4ncccc4F)CC(F)C3)C(=O)OC(C)(C)C)nn2)c1. The number of hydrogen-bond donors (Lipinski definition) is 1. The number of hydrogen-bond acceptors (Lipinski definition) is 13. The van der Waals surface area contributed by atoms with E-state index >= 15 is 0 Å². The highest BCUT2D eigenvalue weighted by Gasteiger charge is 2.52. The number of ether oxygens (including phenoxy) is 3. The van der Waals surface area contributed by atoms with Gasteiger partial charge in [-0.05, 0) is 152 Å². The van der Waals surface area contributed by atoms with Gasteiger partial charge in [-0.2, -0.15) is 0 Å². The van der Waals surface area contributed by atoms with Gasteiger partial charge < -0.3 is 19.3 Å². The van der Waals surface area contributed by atoms with Crippen molar-refractivity contribution in [1.82, 2.24) is 30.4 Å². The number of amides is 2. The largest absolute Gasteiger partial charge is 0.478 e. The quantitative estimate of drug-likeness (QED) is 0.0689. The van der Waals surface area contributed by atoms with Crippen LogP contribution in [0, 0.1) is 23.3 Å². The molecule has 2 amide bonds. The lowest BCUT2D eigenvalue weighted by atomic mass is 9.64. The number of halogens is 6. The van der Waals surface area contributed by atoms with Crippen LogP contribution in [0.15, 0.2) is 97.3 Å². The van der Waals surface area contributed by atoms with Gasteiger partial charge in [0.05, 0.1) is 41.0 Å². The molecule has 0 saturated heterocycles. The molecule has 2 saturated carbocycles. The van der Waals surface area contributed by atoms with Crippen LogP contribution < -0.4 is 9.80 Å². The Balaban J connectivity index is 0.000000219. The number of nitrogens with zero attached hydrogens (tertiary/aromatic N) is 8. The van der Waals surface area contributed by atoms with Gasteiger partial charge >= 0.3 is 24.1 Å². The second kappa shape index (κ2) is 21.8. The monoisotopic (exact) mass is 1040 g/mol. The maximum Gasteiger partial charge on any atom is 0.416 e. The number of carbonyl (C=O) groups excluding carboxylic acids is 3. The van der Waals surface area contributed by atoms with E-state index in [2.05, 4.69) is 35.1 Å². The Kier molecular flexibility index (Phi) is 15.9. The molecule has 6 aromatic rings. The van der Waals surface area contributed by atoms with Crippen molar-refractivity contribution in [2.45, 2.75) is 102 Å². The van der Waals surface area contributed by atoms with Crippen molar-refractivity contribution in [2.75, 3.05) is 30.0 Å². The van der Waals surface area contributed by atoms with Gasteiger partial charge in [0.1, 0.15) is 46.8 Å². The van der Waals surface area contributed by atoms with Crippen molar-refractivity contribution >= 4 is 35.8 Å². The van der Waals surface area contributed by atoms with E-state index in [1.54, 1.807) is 41.5 Å². The van der Waals surface area contributed by atoms with Gasteiger partial charge in [-0.3, -0.25) is 19.8 Å². The van der Waals surface area contributed by atoms with E-state index in [0.29, 0.717) is 0 Å². The molecule has 0 spiro atoms. The average Bonchev–Trinajstić information content (AvgIpc) is 3.33. The molecule has 22 heteroatoms. The van der Waals surface area contributed by atoms with E-state index in [1.165, 1.54) is 80.2 Å². The van der Waals surface area contributed by atoms with Crippen LogP contribution in [0.1, 0.15) is 99.3 Å². The van der Waals surface area contributed by atoms with Crippen molar-refractivity contribution in [3.8, 4) is 22.5 Å². The molecule has 394 valence electrons. The molecule has 8 rings (SSSR count). The lowest BCUT2D eigenvalue weighted by molar-refractivity contribution is 0.0501. The summed E-state index contributed by atoms with van der Waals surface area (Å²) in [6.45, 7) is 9.71. The van der Waals surface area contributed by atoms with Gasteiger partial charge in [0.15, 0.2) is 11.6 Å². The first-order valence-corrected chi connectivity index (χ1v) is 23.4. The number of aromatic carboxylic acids is 1. The van der Waals surface area contributed by atoms with Gasteiger partial charge in [-0.1, -0.05) is 0 Å². The molecule has 0 aliphatic heterocycles. The first-order chi connectivity index (χ1) is 35.3. The predicted molar refractivity (Wildman–Crippen MR) is 260 cm³/mol. The second-order valence-electron chi connectivity index (χ2n) is 20.1. The maximum absolute atomic E-state index is 14.7. The summed E-state index contributed by atoms with van der Waals surface area (Å²) < 4.78 is 102. The van der Waals surface area contributed by atoms with E-state index in [4.69, 9.17) is 9.47 Å². The Morgan fingerprint density at radius 1 is 0.587 bits per heavy atom. The summed E-state index contributed by atoms with van der Waals surface area (Å²) in [5.41, 5.74) is -3.86. The molecule has 2 aliphatic carbocycles. The molecular formula is C53H52F6N8O8. The Hall–Kier alpha value is -8.04. The molecule has 16 nitrogen and oxygen atoms in total. The number of carboxylic acid groups (broad SMARTS) is 1. The molecule has 0 atom stereocenters. The van der Waals surface area contributed by atoms with E-state index in [1.807, 2.05) is 0 Å². The van der Waals surface area contributed by atoms with Crippen LogP contribution in [-0.2, 0) is 25.0 Å². The van der Waals surface area contributed by atoms with Crippen molar-refractivity contribution < 1.29 is 64.8 Å². The number of benzene rings is 2. The number of methoxy groups -OCH3 is 1. The molecule has 2 aromatic carbocycles. The summed E-state index contributed by atoms with van der Waals surface area (Å²) in [6.07, 6.45) is -1.38. The van der Waals surface area contributed by atoms with Gasteiger partial charge in [0.2, 0.25) is 0 Å². The lowest BCUT2D eigenvalue weighted by Crippen LogP contribution is -2.54. The Morgan fingerprint density at radius 3 is 1.32 bits per heavy atom. The van der Waals surface area contributed by atoms with Crippen molar-refractivity contribution in [3.05, 3.63) is 143 Å². The molecule has 4 heterocycles. The van der Waals surface area contributed by atoms with Gasteiger partial charge in [-0.15, -0.1) is 20.4 Å². The van der Waals surface area contributed by atoms with E-state index < -0.39 is 81.8 Å². The normalized spacial score (nSPS) is 19.0. The number of carboxylic acids is 1. The molecule has 75 heavy (non-hydrogen) atoms. The Labute approximate surface area is 427 Å². The number of aromatic nitrogens is 6. The number of carbonyl (C=O) groups is 4. The van der Waals surface area contributed by atoms with Crippen molar-refractivity contribution in [3.63, 3.8) is 0 Å². The average molecular weight is 1040 g/mol. The number of pyridine rings is 2. The van der Waals surface area contributed by atoms with Crippen molar-refractivity contribution in [1.29, 1.82) is 0 Å². The summed E-state index contributed by atoms with van der Waals surface area (Å²) in [7, 11) is 1.21. The molecule has 4 aromatic heterocycles. The van der Waals surface area contributed by atoms with Crippen LogP contribution in [0.2, 0.25) is 0 Å². The summed E-state index contributed by atoms with van der Waals surface area (Å²) in [5.74, 6) is -4.41. The first-order valence-electron chi connectivity index (χ1n) is 23.4.